The minimum Gasteiger partial charge on any atom is -0.398 e. The Morgan fingerprint density at radius 3 is 2.88 bits per heavy atom. The summed E-state index contributed by atoms with van der Waals surface area (Å²) in [5.74, 6) is 0. The molecule has 0 spiro atoms. The lowest BCUT2D eigenvalue weighted by Crippen LogP contribution is -2.02. The number of hydrogen-bond acceptors (Lipinski definition) is 4. The van der Waals surface area contributed by atoms with Gasteiger partial charge in [-0.25, -0.2) is 4.98 Å². The number of anilines is 2. The monoisotopic (exact) mass is 233 g/mol. The Labute approximate surface area is 99.3 Å². The van der Waals surface area contributed by atoms with Gasteiger partial charge in [0, 0.05) is 16.3 Å². The molecular formula is C12H15N3S. The van der Waals surface area contributed by atoms with E-state index in [1.165, 1.54) is 4.88 Å². The maximum absolute atomic E-state index is 5.85. The fraction of sp³-hybridized carbons (Fsp3) is 0.250. The summed E-state index contributed by atoms with van der Waals surface area (Å²) >= 11 is 1.67. The van der Waals surface area contributed by atoms with Gasteiger partial charge in [0.1, 0.15) is 0 Å². The van der Waals surface area contributed by atoms with E-state index in [0.717, 1.165) is 29.2 Å². The number of nitrogens with zero attached hydrogens (tertiary/aromatic N) is 1. The van der Waals surface area contributed by atoms with Gasteiger partial charge in [-0.1, -0.05) is 6.07 Å². The zero-order chi connectivity index (χ0) is 11.5. The Balaban J connectivity index is 2.11. The molecule has 0 radical (unpaired) electrons. The smallest absolute Gasteiger partial charge is 0.0798 e. The summed E-state index contributed by atoms with van der Waals surface area (Å²) in [7, 11) is 0. The van der Waals surface area contributed by atoms with Crippen LogP contribution in [0.1, 0.15) is 16.1 Å². The zero-order valence-corrected chi connectivity index (χ0v) is 10.3. The van der Waals surface area contributed by atoms with E-state index in [0.29, 0.717) is 0 Å². The number of hydrogen-bond donors (Lipinski definition) is 2. The van der Waals surface area contributed by atoms with Crippen LogP contribution in [0, 0.1) is 13.8 Å². The van der Waals surface area contributed by atoms with Crippen LogP contribution < -0.4 is 11.1 Å². The summed E-state index contributed by atoms with van der Waals surface area (Å²) in [6.07, 6.45) is 0. The molecule has 2 aromatic rings. The summed E-state index contributed by atoms with van der Waals surface area (Å²) in [5, 5.41) is 3.39. The molecule has 1 aromatic carbocycles. The van der Waals surface area contributed by atoms with Crippen molar-refractivity contribution >= 4 is 22.7 Å². The van der Waals surface area contributed by atoms with Crippen molar-refractivity contribution in [3.05, 3.63) is 39.8 Å². The first-order chi connectivity index (χ1) is 7.68. The van der Waals surface area contributed by atoms with Crippen LogP contribution in [0.3, 0.4) is 0 Å². The SMILES string of the molecule is Cc1ncsc1CNc1cccc(N)c1C. The van der Waals surface area contributed by atoms with Gasteiger partial charge in [-0.05, 0) is 31.5 Å². The number of rotatable bonds is 3. The average molecular weight is 233 g/mol. The van der Waals surface area contributed by atoms with Crippen molar-refractivity contribution in [1.82, 2.24) is 4.98 Å². The number of benzene rings is 1. The molecule has 1 heterocycles. The molecule has 0 amide bonds. The van der Waals surface area contributed by atoms with E-state index in [4.69, 9.17) is 5.73 Å². The molecule has 0 aliphatic heterocycles. The third-order valence-electron chi connectivity index (χ3n) is 2.66. The molecule has 0 unspecified atom stereocenters. The van der Waals surface area contributed by atoms with E-state index in [-0.39, 0.29) is 0 Å². The van der Waals surface area contributed by atoms with E-state index < -0.39 is 0 Å². The molecular weight excluding hydrogens is 218 g/mol. The predicted molar refractivity (Wildman–Crippen MR) is 69.8 cm³/mol. The van der Waals surface area contributed by atoms with Gasteiger partial charge in [0.15, 0.2) is 0 Å². The average Bonchev–Trinajstić information content (AvgIpc) is 2.67. The van der Waals surface area contributed by atoms with E-state index in [1.54, 1.807) is 11.3 Å². The van der Waals surface area contributed by atoms with Crippen molar-refractivity contribution in [1.29, 1.82) is 0 Å². The molecule has 2 rings (SSSR count). The van der Waals surface area contributed by atoms with Gasteiger partial charge in [-0.15, -0.1) is 11.3 Å². The van der Waals surface area contributed by atoms with Gasteiger partial charge in [-0.3, -0.25) is 0 Å². The van der Waals surface area contributed by atoms with Crippen molar-refractivity contribution in [3.8, 4) is 0 Å². The van der Waals surface area contributed by atoms with Gasteiger partial charge in [0.05, 0.1) is 17.7 Å². The largest absolute Gasteiger partial charge is 0.398 e. The van der Waals surface area contributed by atoms with Crippen molar-refractivity contribution in [2.75, 3.05) is 11.1 Å². The maximum Gasteiger partial charge on any atom is 0.0798 e. The van der Waals surface area contributed by atoms with Gasteiger partial charge in [0.25, 0.3) is 0 Å². The van der Waals surface area contributed by atoms with Crippen molar-refractivity contribution in [3.63, 3.8) is 0 Å². The summed E-state index contributed by atoms with van der Waals surface area (Å²) in [4.78, 5) is 5.49. The second-order valence-corrected chi connectivity index (χ2v) is 4.67. The molecule has 0 fully saturated rings. The molecule has 3 N–H and O–H groups in total. The highest BCUT2D eigenvalue weighted by molar-refractivity contribution is 7.09. The molecule has 3 nitrogen and oxygen atoms in total. The van der Waals surface area contributed by atoms with Crippen molar-refractivity contribution < 1.29 is 0 Å². The highest BCUT2D eigenvalue weighted by Crippen LogP contribution is 2.22. The van der Waals surface area contributed by atoms with Crippen LogP contribution >= 0.6 is 11.3 Å². The molecule has 4 heteroatoms. The van der Waals surface area contributed by atoms with Crippen LogP contribution in [0.5, 0.6) is 0 Å². The molecule has 84 valence electrons. The lowest BCUT2D eigenvalue weighted by atomic mass is 10.1. The third kappa shape index (κ3) is 2.17. The highest BCUT2D eigenvalue weighted by atomic mass is 32.1. The predicted octanol–water partition coefficient (Wildman–Crippen LogP) is 2.95. The fourth-order valence-corrected chi connectivity index (χ4v) is 2.23. The molecule has 1 aromatic heterocycles. The van der Waals surface area contributed by atoms with E-state index >= 15 is 0 Å². The molecule has 0 saturated carbocycles. The van der Waals surface area contributed by atoms with Gasteiger partial charge >= 0.3 is 0 Å². The number of thiazole rings is 1. The zero-order valence-electron chi connectivity index (χ0n) is 9.45. The van der Waals surface area contributed by atoms with Crippen LogP contribution in [0.25, 0.3) is 0 Å². The van der Waals surface area contributed by atoms with Gasteiger partial charge in [-0.2, -0.15) is 0 Å². The first-order valence-corrected chi connectivity index (χ1v) is 6.04. The van der Waals surface area contributed by atoms with E-state index in [2.05, 4.69) is 10.3 Å². The van der Waals surface area contributed by atoms with Gasteiger partial charge in [0.2, 0.25) is 0 Å². The Morgan fingerprint density at radius 2 is 2.19 bits per heavy atom. The molecule has 0 aliphatic rings. The standard InChI is InChI=1S/C12H15N3S/c1-8-10(13)4-3-5-11(8)14-6-12-9(2)15-7-16-12/h3-5,7,14H,6,13H2,1-2H3. The van der Waals surface area contributed by atoms with Crippen LogP contribution in [-0.4, -0.2) is 4.98 Å². The number of nitrogens with one attached hydrogen (secondary N) is 1. The normalized spacial score (nSPS) is 10.4. The number of aryl methyl sites for hydroxylation is 1. The Bertz CT molecular complexity index is 491. The number of nitrogens with two attached hydrogens (primary N) is 1. The Morgan fingerprint density at radius 1 is 1.38 bits per heavy atom. The minimum absolute atomic E-state index is 0.806. The van der Waals surface area contributed by atoms with Gasteiger partial charge < -0.3 is 11.1 Å². The van der Waals surface area contributed by atoms with Crippen molar-refractivity contribution in [2.24, 2.45) is 0 Å². The Hall–Kier alpha value is -1.55. The summed E-state index contributed by atoms with van der Waals surface area (Å²) < 4.78 is 0. The maximum atomic E-state index is 5.85. The number of nitrogen functional groups attached to an aromatic ring is 1. The topological polar surface area (TPSA) is 50.9 Å². The van der Waals surface area contributed by atoms with Crippen LogP contribution in [0.2, 0.25) is 0 Å². The van der Waals surface area contributed by atoms with Crippen LogP contribution in [-0.2, 0) is 6.54 Å². The minimum atomic E-state index is 0.806. The lowest BCUT2D eigenvalue weighted by Gasteiger charge is -2.10. The van der Waals surface area contributed by atoms with Crippen molar-refractivity contribution in [2.45, 2.75) is 20.4 Å². The van der Waals surface area contributed by atoms with E-state index in [9.17, 15) is 0 Å². The first kappa shape index (κ1) is 11.0. The van der Waals surface area contributed by atoms with E-state index in [1.807, 2.05) is 37.6 Å². The summed E-state index contributed by atoms with van der Waals surface area (Å²) in [5.41, 5.74) is 11.8. The molecule has 0 saturated heterocycles. The summed E-state index contributed by atoms with van der Waals surface area (Å²) in [6.45, 7) is 4.86. The number of aromatic nitrogens is 1. The van der Waals surface area contributed by atoms with Crippen LogP contribution in [0.15, 0.2) is 23.7 Å². The highest BCUT2D eigenvalue weighted by Gasteiger charge is 2.03. The van der Waals surface area contributed by atoms with Crippen LogP contribution in [0.4, 0.5) is 11.4 Å². The quantitative estimate of drug-likeness (QED) is 0.801. The molecule has 0 atom stereocenters. The second kappa shape index (κ2) is 4.53. The first-order valence-electron chi connectivity index (χ1n) is 5.16. The summed E-state index contributed by atoms with van der Waals surface area (Å²) in [6, 6.07) is 5.92. The third-order valence-corrected chi connectivity index (χ3v) is 3.60. The molecule has 0 bridgehead atoms. The second-order valence-electron chi connectivity index (χ2n) is 3.73. The Kier molecular flexibility index (Phi) is 3.10. The molecule has 0 aliphatic carbocycles. The molecule has 16 heavy (non-hydrogen) atoms. The lowest BCUT2D eigenvalue weighted by molar-refractivity contribution is 1.12. The fourth-order valence-electron chi connectivity index (χ4n) is 1.52.